The van der Waals surface area contributed by atoms with E-state index >= 15 is 0 Å². The molecule has 1 saturated carbocycles. The maximum Gasteiger partial charge on any atom is 0.352 e. The molecule has 0 radical (unpaired) electrons. The van der Waals surface area contributed by atoms with Crippen molar-refractivity contribution in [3.63, 3.8) is 0 Å². The van der Waals surface area contributed by atoms with Crippen LogP contribution in [0.25, 0.3) is 5.69 Å². The number of hydrogen-bond donors (Lipinski definition) is 3. The molecule has 210 valence electrons. The van der Waals surface area contributed by atoms with Gasteiger partial charge in [0.05, 0.1) is 17.4 Å². The maximum atomic E-state index is 13.5. The Morgan fingerprint density at radius 3 is 2.59 bits per heavy atom. The molecule has 3 N–H and O–H groups in total. The highest BCUT2D eigenvalue weighted by Gasteiger charge is 2.62. The first-order chi connectivity index (χ1) is 18.7. The summed E-state index contributed by atoms with van der Waals surface area (Å²) in [7, 11) is 0. The average Bonchev–Trinajstić information content (AvgIpc) is 3.50. The zero-order chi connectivity index (χ0) is 27.2. The first-order valence-corrected chi connectivity index (χ1v) is 13.1. The van der Waals surface area contributed by atoms with Gasteiger partial charge in [-0.05, 0) is 32.4 Å². The molecular weight excluding hydrogens is 516 g/mol. The van der Waals surface area contributed by atoms with Gasteiger partial charge in [0.1, 0.15) is 49.3 Å². The van der Waals surface area contributed by atoms with Crippen LogP contribution in [0.4, 0.5) is 0 Å². The van der Waals surface area contributed by atoms with Crippen molar-refractivity contribution in [1.29, 1.82) is 0 Å². The molecule has 14 nitrogen and oxygen atoms in total. The summed E-state index contributed by atoms with van der Waals surface area (Å²) in [5, 5.41) is 36.5. The van der Waals surface area contributed by atoms with Gasteiger partial charge < -0.3 is 39.1 Å². The van der Waals surface area contributed by atoms with Gasteiger partial charge in [-0.2, -0.15) is 0 Å². The second-order valence-electron chi connectivity index (χ2n) is 11.0. The first kappa shape index (κ1) is 25.1. The normalized spacial score (nSPS) is 39.5. The molecule has 0 unspecified atom stereocenters. The standard InChI is InChI=1S/C25H30N4O10/c1-25(2)38-21-17(32)18(37-22(21)39-25)13(30)10-35-26-14-12-8-9-27-23(33)28(11-6-4-3-5-7-11)24(34)29(27)15(12)16(31)20-19(14)36-20/h3-7,12-13,15-22,30-32H,8-10H2,1-2H3/t12-,13-,15-,16+,17+,18-,19-,20+,21-,22-/m1/s1. The lowest BCUT2D eigenvalue weighted by Gasteiger charge is -2.38. The monoisotopic (exact) mass is 546 g/mol. The summed E-state index contributed by atoms with van der Waals surface area (Å²) in [6, 6.07) is 7.84. The Kier molecular flexibility index (Phi) is 5.69. The number of aliphatic hydroxyl groups excluding tert-OH is 3. The summed E-state index contributed by atoms with van der Waals surface area (Å²) in [5.41, 5.74) is -0.0980. The van der Waals surface area contributed by atoms with E-state index in [-0.39, 0.29) is 13.2 Å². The molecule has 1 aliphatic carbocycles. The van der Waals surface area contributed by atoms with E-state index in [1.54, 1.807) is 44.2 Å². The van der Waals surface area contributed by atoms with E-state index in [4.69, 9.17) is 23.8 Å². The highest BCUT2D eigenvalue weighted by Crippen LogP contribution is 2.46. The third kappa shape index (κ3) is 3.85. The Hall–Kier alpha value is -2.85. The van der Waals surface area contributed by atoms with Gasteiger partial charge in [0.25, 0.3) is 0 Å². The lowest BCUT2D eigenvalue weighted by molar-refractivity contribution is -0.228. The lowest BCUT2D eigenvalue weighted by atomic mass is 9.78. The van der Waals surface area contributed by atoms with Crippen LogP contribution in [0.5, 0.6) is 0 Å². The molecule has 1 aromatic carbocycles. The number of rotatable bonds is 5. The average molecular weight is 547 g/mol. The van der Waals surface area contributed by atoms with Gasteiger partial charge in [0.2, 0.25) is 0 Å². The molecule has 1 aromatic heterocycles. The second-order valence-corrected chi connectivity index (χ2v) is 11.0. The summed E-state index contributed by atoms with van der Waals surface area (Å²) in [6.45, 7) is 3.37. The van der Waals surface area contributed by atoms with Crippen LogP contribution in [0.2, 0.25) is 0 Å². The summed E-state index contributed by atoms with van der Waals surface area (Å²) >= 11 is 0. The molecular formula is C25H30N4O10. The molecule has 0 amide bonds. The van der Waals surface area contributed by atoms with Crippen molar-refractivity contribution in [2.75, 3.05) is 6.61 Å². The zero-order valence-electron chi connectivity index (χ0n) is 21.3. The zero-order valence-corrected chi connectivity index (χ0v) is 21.3. The molecule has 4 aliphatic heterocycles. The number of oxime groups is 1. The molecule has 0 spiro atoms. The van der Waals surface area contributed by atoms with Crippen molar-refractivity contribution in [2.24, 2.45) is 11.1 Å². The lowest BCUT2D eigenvalue weighted by Crippen LogP contribution is -2.53. The van der Waals surface area contributed by atoms with Crippen LogP contribution in [0.1, 0.15) is 26.3 Å². The van der Waals surface area contributed by atoms with Gasteiger partial charge in [-0.15, -0.1) is 0 Å². The van der Waals surface area contributed by atoms with E-state index in [1.165, 1.54) is 9.36 Å². The van der Waals surface area contributed by atoms with E-state index in [9.17, 15) is 24.9 Å². The van der Waals surface area contributed by atoms with Gasteiger partial charge in [0.15, 0.2) is 12.1 Å². The van der Waals surface area contributed by atoms with Gasteiger partial charge in [-0.25, -0.2) is 23.5 Å². The fourth-order valence-electron chi connectivity index (χ4n) is 6.36. The predicted octanol–water partition coefficient (Wildman–Crippen LogP) is -1.53. The summed E-state index contributed by atoms with van der Waals surface area (Å²) in [5.74, 6) is -1.33. The Balaban J connectivity index is 1.11. The molecule has 14 heteroatoms. The Morgan fingerprint density at radius 1 is 1.08 bits per heavy atom. The highest BCUT2D eigenvalue weighted by molar-refractivity contribution is 5.94. The number of aliphatic hydroxyl groups is 3. The molecule has 3 saturated heterocycles. The smallest absolute Gasteiger partial charge is 0.352 e. The Morgan fingerprint density at radius 2 is 1.85 bits per heavy atom. The number of fused-ring (bicyclic) bond motifs is 5. The quantitative estimate of drug-likeness (QED) is 0.295. The van der Waals surface area contributed by atoms with Crippen LogP contribution in [0, 0.1) is 5.92 Å². The van der Waals surface area contributed by atoms with Crippen LogP contribution in [0.3, 0.4) is 0 Å². The molecule has 39 heavy (non-hydrogen) atoms. The Labute approximate surface area is 221 Å². The van der Waals surface area contributed by atoms with Crippen LogP contribution < -0.4 is 11.4 Å². The van der Waals surface area contributed by atoms with E-state index in [2.05, 4.69) is 5.16 Å². The maximum absolute atomic E-state index is 13.5. The number of ether oxygens (including phenoxy) is 4. The fraction of sp³-hybridized carbons (Fsp3) is 0.640. The minimum absolute atomic E-state index is 0.238. The van der Waals surface area contributed by atoms with Gasteiger partial charge in [0, 0.05) is 12.5 Å². The number of aromatic nitrogens is 3. The molecule has 7 rings (SSSR count). The van der Waals surface area contributed by atoms with Crippen molar-refractivity contribution in [3.05, 3.63) is 51.3 Å². The second kappa shape index (κ2) is 8.83. The van der Waals surface area contributed by atoms with Gasteiger partial charge in [-0.3, -0.25) is 0 Å². The minimum atomic E-state index is -1.23. The van der Waals surface area contributed by atoms with Crippen molar-refractivity contribution in [3.8, 4) is 5.69 Å². The summed E-state index contributed by atoms with van der Waals surface area (Å²) < 4.78 is 26.4. The number of epoxide rings is 1. The van der Waals surface area contributed by atoms with E-state index in [1.807, 2.05) is 0 Å². The van der Waals surface area contributed by atoms with Crippen LogP contribution in [0.15, 0.2) is 45.1 Å². The van der Waals surface area contributed by atoms with Crippen molar-refractivity contribution in [1.82, 2.24) is 13.9 Å². The molecule has 2 aromatic rings. The third-order valence-corrected chi connectivity index (χ3v) is 8.15. The van der Waals surface area contributed by atoms with E-state index in [0.717, 1.165) is 4.57 Å². The predicted molar refractivity (Wildman–Crippen MR) is 130 cm³/mol. The third-order valence-electron chi connectivity index (χ3n) is 8.15. The fourth-order valence-corrected chi connectivity index (χ4v) is 6.36. The Bertz CT molecular complexity index is 1420. The van der Waals surface area contributed by atoms with E-state index < -0.39 is 78.1 Å². The van der Waals surface area contributed by atoms with Crippen molar-refractivity contribution in [2.45, 2.75) is 87.7 Å². The first-order valence-electron chi connectivity index (χ1n) is 13.1. The number of para-hydroxylation sites is 1. The highest BCUT2D eigenvalue weighted by atomic mass is 16.8. The van der Waals surface area contributed by atoms with Crippen LogP contribution in [-0.2, 0) is 30.3 Å². The molecule has 0 bridgehead atoms. The van der Waals surface area contributed by atoms with Crippen LogP contribution in [-0.4, -0.2) is 96.4 Å². The van der Waals surface area contributed by atoms with Crippen molar-refractivity contribution >= 4 is 5.71 Å². The minimum Gasteiger partial charge on any atom is -0.393 e. The largest absolute Gasteiger partial charge is 0.393 e. The molecule has 10 atom stereocenters. The molecule has 5 heterocycles. The van der Waals surface area contributed by atoms with Gasteiger partial charge in [-0.1, -0.05) is 23.4 Å². The number of hydrogen-bond acceptors (Lipinski definition) is 11. The number of benzene rings is 1. The van der Waals surface area contributed by atoms with Crippen LogP contribution >= 0.6 is 0 Å². The SMILES string of the molecule is CC1(C)O[C@H]2O[C@H]([C@H](O)CON=C3[C@H]4CCn5c(=O)n(-c6ccccc6)c(=O)n5[C@H]4[C@H](O)[C@@H]4O[C@H]34)[C@H](O)[C@H]2O1. The summed E-state index contributed by atoms with van der Waals surface area (Å²) in [4.78, 5) is 32.1. The molecule has 5 aliphatic rings. The van der Waals surface area contributed by atoms with Gasteiger partial charge >= 0.3 is 11.4 Å². The topological polar surface area (TPSA) is 171 Å². The summed E-state index contributed by atoms with van der Waals surface area (Å²) in [6.07, 6.45) is -6.56. The molecule has 4 fully saturated rings. The van der Waals surface area contributed by atoms with E-state index in [0.29, 0.717) is 17.8 Å². The number of nitrogens with zero attached hydrogens (tertiary/aromatic N) is 4. The van der Waals surface area contributed by atoms with Crippen molar-refractivity contribution < 1.29 is 39.1 Å².